The second-order valence-electron chi connectivity index (χ2n) is 9.60. The number of alkyl halides is 6. The molecule has 14 heteroatoms. The third-order valence-electron chi connectivity index (χ3n) is 6.95. The zero-order valence-corrected chi connectivity index (χ0v) is 21.8. The van der Waals surface area contributed by atoms with E-state index in [0.717, 1.165) is 12.3 Å². The van der Waals surface area contributed by atoms with Crippen LogP contribution in [-0.4, -0.2) is 56.3 Å². The van der Waals surface area contributed by atoms with E-state index < -0.39 is 29.6 Å². The van der Waals surface area contributed by atoms with Gasteiger partial charge in [-0.15, -0.1) is 0 Å². The predicted octanol–water partition coefficient (Wildman–Crippen LogP) is 5.62. The third kappa shape index (κ3) is 4.97. The van der Waals surface area contributed by atoms with E-state index in [1.54, 1.807) is 11.8 Å². The number of ether oxygens (including phenoxy) is 1. The summed E-state index contributed by atoms with van der Waals surface area (Å²) < 4.78 is 84.8. The number of aliphatic hydroxyl groups is 1. The van der Waals surface area contributed by atoms with Gasteiger partial charge < -0.3 is 14.8 Å². The number of H-pyrrole nitrogens is 1. The summed E-state index contributed by atoms with van der Waals surface area (Å²) in [7, 11) is 1.36. The van der Waals surface area contributed by atoms with Gasteiger partial charge in [0, 0.05) is 36.8 Å². The molecular formula is C26H22ClF6N5O2. The normalized spacial score (nSPS) is 16.6. The van der Waals surface area contributed by atoms with Crippen LogP contribution in [0.4, 0.5) is 26.3 Å². The first-order chi connectivity index (χ1) is 18.7. The minimum atomic E-state index is -4.76. The van der Waals surface area contributed by atoms with E-state index in [4.69, 9.17) is 16.3 Å². The summed E-state index contributed by atoms with van der Waals surface area (Å²) in [4.78, 5) is 16.4. The first-order valence-corrected chi connectivity index (χ1v) is 12.3. The molecule has 1 aromatic carbocycles. The van der Waals surface area contributed by atoms with Gasteiger partial charge in [0.15, 0.2) is 5.60 Å². The lowest BCUT2D eigenvalue weighted by Gasteiger charge is -2.40. The minimum absolute atomic E-state index is 0.0328. The van der Waals surface area contributed by atoms with Crippen molar-refractivity contribution in [2.24, 2.45) is 5.92 Å². The summed E-state index contributed by atoms with van der Waals surface area (Å²) in [6.45, 7) is 1.24. The van der Waals surface area contributed by atoms with Crippen LogP contribution in [0.1, 0.15) is 33.9 Å². The van der Waals surface area contributed by atoms with E-state index in [-0.39, 0.29) is 47.4 Å². The van der Waals surface area contributed by atoms with Crippen molar-refractivity contribution < 1.29 is 36.2 Å². The fourth-order valence-electron chi connectivity index (χ4n) is 4.80. The number of hydrogen-bond acceptors (Lipinski definition) is 6. The summed E-state index contributed by atoms with van der Waals surface area (Å²) in [6, 6.07) is 6.49. The van der Waals surface area contributed by atoms with Crippen LogP contribution in [0.2, 0.25) is 5.02 Å². The van der Waals surface area contributed by atoms with Crippen molar-refractivity contribution >= 4 is 22.5 Å². The molecule has 4 aromatic rings. The zero-order valence-electron chi connectivity index (χ0n) is 21.0. The quantitative estimate of drug-likeness (QED) is 0.286. The number of benzene rings is 1. The lowest BCUT2D eigenvalue weighted by molar-refractivity contribution is -0.210. The van der Waals surface area contributed by atoms with E-state index >= 15 is 0 Å². The number of fused-ring (bicyclic) bond motifs is 1. The van der Waals surface area contributed by atoms with Gasteiger partial charge in [0.25, 0.3) is 0 Å². The Morgan fingerprint density at radius 1 is 1.07 bits per heavy atom. The van der Waals surface area contributed by atoms with Gasteiger partial charge in [-0.05, 0) is 42.3 Å². The second kappa shape index (κ2) is 9.89. The van der Waals surface area contributed by atoms with Gasteiger partial charge in [-0.2, -0.15) is 26.3 Å². The maximum absolute atomic E-state index is 13.5. The SMILES string of the molecule is COc1nc2ccc(C(O)(c3ccnc(C(F)(F)F)c3)c3cnc(C)[nH]3)cc2c(Cl)c1CN1CC(C(F)(F)F)C1. The lowest BCUT2D eigenvalue weighted by atomic mass is 9.83. The van der Waals surface area contributed by atoms with Crippen LogP contribution in [0.25, 0.3) is 10.9 Å². The molecule has 1 atom stereocenters. The largest absolute Gasteiger partial charge is 0.481 e. The van der Waals surface area contributed by atoms with Crippen molar-refractivity contribution in [1.82, 2.24) is 24.8 Å². The Kier molecular flexibility index (Phi) is 6.95. The smallest absolute Gasteiger partial charge is 0.433 e. The third-order valence-corrected chi connectivity index (χ3v) is 7.38. The molecule has 1 unspecified atom stereocenters. The Hall–Kier alpha value is -3.42. The molecule has 0 saturated carbocycles. The number of methoxy groups -OCH3 is 1. The molecule has 40 heavy (non-hydrogen) atoms. The molecule has 1 saturated heterocycles. The van der Waals surface area contributed by atoms with Crippen LogP contribution in [-0.2, 0) is 18.3 Å². The number of halogens is 7. The molecular weight excluding hydrogens is 564 g/mol. The summed E-state index contributed by atoms with van der Waals surface area (Å²) in [6.07, 6.45) is -6.79. The van der Waals surface area contributed by atoms with Crippen molar-refractivity contribution in [3.8, 4) is 5.88 Å². The van der Waals surface area contributed by atoms with Crippen LogP contribution in [0, 0.1) is 12.8 Å². The van der Waals surface area contributed by atoms with E-state index in [0.29, 0.717) is 22.3 Å². The predicted molar refractivity (Wildman–Crippen MR) is 133 cm³/mol. The molecule has 0 radical (unpaired) electrons. The highest BCUT2D eigenvalue weighted by molar-refractivity contribution is 6.36. The van der Waals surface area contributed by atoms with Gasteiger partial charge in [0.1, 0.15) is 11.5 Å². The summed E-state index contributed by atoms with van der Waals surface area (Å²) in [5, 5.41) is 12.5. The molecule has 7 nitrogen and oxygen atoms in total. The molecule has 3 aromatic heterocycles. The average molecular weight is 586 g/mol. The second-order valence-corrected chi connectivity index (χ2v) is 9.98. The van der Waals surface area contributed by atoms with Gasteiger partial charge in [0.05, 0.1) is 35.5 Å². The maximum Gasteiger partial charge on any atom is 0.433 e. The monoisotopic (exact) mass is 585 g/mol. The molecule has 1 aliphatic rings. The zero-order chi connectivity index (χ0) is 29.0. The minimum Gasteiger partial charge on any atom is -0.481 e. The standard InChI is InChI=1S/C26H22ClF6N5O2/c1-13-35-9-21(36-13)24(39,15-5-6-34-20(8-15)26(31,32)33)14-3-4-19-17(7-14)22(27)18(23(37-19)40-2)12-38-10-16(11-38)25(28,29)30/h3-9,16,39H,10-12H2,1-2H3,(H,35,36). The van der Waals surface area contributed by atoms with Crippen LogP contribution in [0.3, 0.4) is 0 Å². The topological polar surface area (TPSA) is 87.2 Å². The number of aromatic nitrogens is 4. The number of rotatable bonds is 6. The fourth-order valence-corrected chi connectivity index (χ4v) is 5.09. The molecule has 4 heterocycles. The maximum atomic E-state index is 13.5. The van der Waals surface area contributed by atoms with Gasteiger partial charge in [-0.25, -0.2) is 9.97 Å². The first-order valence-electron chi connectivity index (χ1n) is 12.0. The molecule has 2 N–H and O–H groups in total. The lowest BCUT2D eigenvalue weighted by Crippen LogP contribution is -2.52. The van der Waals surface area contributed by atoms with E-state index in [9.17, 15) is 31.4 Å². The van der Waals surface area contributed by atoms with Gasteiger partial charge in [-0.1, -0.05) is 17.7 Å². The van der Waals surface area contributed by atoms with Gasteiger partial charge >= 0.3 is 12.4 Å². The van der Waals surface area contributed by atoms with Crippen LogP contribution in [0.15, 0.2) is 42.7 Å². The Balaban J connectivity index is 1.63. The Morgan fingerprint density at radius 2 is 1.77 bits per heavy atom. The first kappa shape index (κ1) is 28.1. The molecule has 0 spiro atoms. The molecule has 0 bridgehead atoms. The van der Waals surface area contributed by atoms with Crippen molar-refractivity contribution in [3.05, 3.63) is 81.7 Å². The Morgan fingerprint density at radius 3 is 2.38 bits per heavy atom. The number of likely N-dealkylation sites (tertiary alicyclic amines) is 1. The van der Waals surface area contributed by atoms with E-state index in [2.05, 4.69) is 19.9 Å². The molecule has 1 fully saturated rings. The summed E-state index contributed by atoms with van der Waals surface area (Å²) >= 11 is 6.75. The van der Waals surface area contributed by atoms with Gasteiger partial charge in [-0.3, -0.25) is 9.88 Å². The van der Waals surface area contributed by atoms with Crippen LogP contribution < -0.4 is 4.74 Å². The number of nitrogens with one attached hydrogen (secondary N) is 1. The molecule has 0 aliphatic carbocycles. The molecule has 1 aliphatic heterocycles. The summed E-state index contributed by atoms with van der Waals surface area (Å²) in [5.74, 6) is -0.894. The number of pyridine rings is 2. The highest BCUT2D eigenvalue weighted by atomic mass is 35.5. The molecule has 5 rings (SSSR count). The molecule has 212 valence electrons. The van der Waals surface area contributed by atoms with E-state index in [1.165, 1.54) is 37.6 Å². The Bertz CT molecular complexity index is 1570. The Labute approximate surface area is 228 Å². The number of aromatic amines is 1. The number of nitrogens with zero attached hydrogens (tertiary/aromatic N) is 4. The summed E-state index contributed by atoms with van der Waals surface area (Å²) in [5.41, 5.74) is -2.53. The van der Waals surface area contributed by atoms with Crippen molar-refractivity contribution in [1.29, 1.82) is 0 Å². The number of aryl methyl sites for hydroxylation is 1. The van der Waals surface area contributed by atoms with Crippen molar-refractivity contribution in [2.75, 3.05) is 20.2 Å². The van der Waals surface area contributed by atoms with Crippen LogP contribution >= 0.6 is 11.6 Å². The highest BCUT2D eigenvalue weighted by Gasteiger charge is 2.47. The van der Waals surface area contributed by atoms with Crippen molar-refractivity contribution in [2.45, 2.75) is 31.4 Å². The van der Waals surface area contributed by atoms with Crippen LogP contribution in [0.5, 0.6) is 5.88 Å². The highest BCUT2D eigenvalue weighted by Crippen LogP contribution is 2.42. The molecule has 0 amide bonds. The number of imidazole rings is 1. The average Bonchev–Trinajstić information content (AvgIpc) is 3.31. The van der Waals surface area contributed by atoms with Crippen molar-refractivity contribution in [3.63, 3.8) is 0 Å². The fraction of sp³-hybridized carbons (Fsp3) is 0.346. The van der Waals surface area contributed by atoms with Gasteiger partial charge in [0.2, 0.25) is 5.88 Å². The van der Waals surface area contributed by atoms with E-state index in [1.807, 2.05) is 0 Å². The number of hydrogen-bond donors (Lipinski definition) is 2.